The summed E-state index contributed by atoms with van der Waals surface area (Å²) in [7, 11) is 0. The van der Waals surface area contributed by atoms with Crippen LogP contribution in [0.1, 0.15) is 44.9 Å². The zero-order valence-electron chi connectivity index (χ0n) is 11.6. The Bertz CT molecular complexity index is 268. The van der Waals surface area contributed by atoms with Crippen molar-refractivity contribution in [3.8, 4) is 0 Å². The maximum Gasteiger partial charge on any atom is 0.223 e. The van der Waals surface area contributed by atoms with E-state index in [2.05, 4.69) is 10.6 Å². The zero-order chi connectivity index (χ0) is 12.8. The zero-order valence-corrected chi connectivity index (χ0v) is 12.4. The van der Waals surface area contributed by atoms with E-state index in [9.17, 15) is 9.90 Å². The number of rotatable bonds is 3. The first-order chi connectivity index (χ1) is 8.77. The third kappa shape index (κ3) is 5.28. The largest absolute Gasteiger partial charge is 0.391 e. The molecular weight excluding hydrogens is 264 g/mol. The maximum atomic E-state index is 12.1. The van der Waals surface area contributed by atoms with Crippen molar-refractivity contribution in [1.82, 2.24) is 10.6 Å². The van der Waals surface area contributed by atoms with E-state index in [1.54, 1.807) is 0 Å². The highest BCUT2D eigenvalue weighted by atomic mass is 35.5. The quantitative estimate of drug-likeness (QED) is 0.690. The normalized spacial score (nSPS) is 29.1. The molecule has 2 aliphatic rings. The standard InChI is InChI=1S/C14H26N2O2.ClH/c17-13-10-15-8-7-12(13)9-16-14(18)11-5-3-1-2-4-6-11;/h11-13,15,17H,1-10H2,(H,16,18);1H/t12-,13+;/m0./s1. The van der Waals surface area contributed by atoms with E-state index in [0.29, 0.717) is 13.1 Å². The fourth-order valence-corrected chi connectivity index (χ4v) is 3.05. The molecule has 2 atom stereocenters. The Kier molecular flexibility index (Phi) is 7.73. The van der Waals surface area contributed by atoms with E-state index < -0.39 is 0 Å². The molecule has 0 aromatic carbocycles. The third-order valence-corrected chi connectivity index (χ3v) is 4.35. The monoisotopic (exact) mass is 290 g/mol. The van der Waals surface area contributed by atoms with E-state index in [1.165, 1.54) is 25.7 Å². The second-order valence-electron chi connectivity index (χ2n) is 5.75. The predicted octanol–water partition coefficient (Wildman–Crippen LogP) is 1.47. The number of carbonyl (C=O) groups is 1. The van der Waals surface area contributed by atoms with Crippen molar-refractivity contribution in [2.75, 3.05) is 19.6 Å². The van der Waals surface area contributed by atoms with Gasteiger partial charge in [-0.05, 0) is 25.8 Å². The molecule has 5 heteroatoms. The van der Waals surface area contributed by atoms with Gasteiger partial charge in [0.2, 0.25) is 5.91 Å². The van der Waals surface area contributed by atoms with Gasteiger partial charge in [0.1, 0.15) is 0 Å². The van der Waals surface area contributed by atoms with Crippen molar-refractivity contribution >= 4 is 18.3 Å². The summed E-state index contributed by atoms with van der Waals surface area (Å²) < 4.78 is 0. The predicted molar refractivity (Wildman–Crippen MR) is 78.4 cm³/mol. The van der Waals surface area contributed by atoms with Gasteiger partial charge in [-0.2, -0.15) is 0 Å². The smallest absolute Gasteiger partial charge is 0.223 e. The van der Waals surface area contributed by atoms with Crippen molar-refractivity contribution in [1.29, 1.82) is 0 Å². The second-order valence-corrected chi connectivity index (χ2v) is 5.75. The maximum absolute atomic E-state index is 12.1. The van der Waals surface area contributed by atoms with E-state index >= 15 is 0 Å². The van der Waals surface area contributed by atoms with Gasteiger partial charge in [-0.3, -0.25) is 4.79 Å². The van der Waals surface area contributed by atoms with Crippen molar-refractivity contribution < 1.29 is 9.90 Å². The highest BCUT2D eigenvalue weighted by molar-refractivity contribution is 5.85. The lowest BCUT2D eigenvalue weighted by atomic mass is 9.94. The lowest BCUT2D eigenvalue weighted by molar-refractivity contribution is -0.125. The van der Waals surface area contributed by atoms with E-state index in [-0.39, 0.29) is 36.3 Å². The number of halogens is 1. The Morgan fingerprint density at radius 2 is 1.84 bits per heavy atom. The topological polar surface area (TPSA) is 61.4 Å². The molecule has 0 aromatic heterocycles. The van der Waals surface area contributed by atoms with Gasteiger partial charge >= 0.3 is 0 Å². The number of carbonyl (C=O) groups excluding carboxylic acids is 1. The van der Waals surface area contributed by atoms with Gasteiger partial charge in [-0.15, -0.1) is 12.4 Å². The number of nitrogens with one attached hydrogen (secondary N) is 2. The summed E-state index contributed by atoms with van der Waals surface area (Å²) in [5, 5.41) is 16.0. The molecule has 2 fully saturated rings. The molecule has 2 rings (SSSR count). The van der Waals surface area contributed by atoms with Crippen molar-refractivity contribution in [2.45, 2.75) is 51.0 Å². The molecule has 112 valence electrons. The Balaban J connectivity index is 0.00000180. The molecule has 0 spiro atoms. The fourth-order valence-electron chi connectivity index (χ4n) is 3.05. The molecule has 0 bridgehead atoms. The number of hydrogen-bond acceptors (Lipinski definition) is 3. The van der Waals surface area contributed by atoms with Crippen LogP contribution in [0.2, 0.25) is 0 Å². The van der Waals surface area contributed by atoms with Gasteiger partial charge in [0.15, 0.2) is 0 Å². The first-order valence-corrected chi connectivity index (χ1v) is 7.44. The first kappa shape index (κ1) is 16.7. The summed E-state index contributed by atoms with van der Waals surface area (Å²) in [6.07, 6.45) is 7.65. The summed E-state index contributed by atoms with van der Waals surface area (Å²) >= 11 is 0. The second kappa shape index (κ2) is 8.77. The highest BCUT2D eigenvalue weighted by Crippen LogP contribution is 2.23. The minimum Gasteiger partial charge on any atom is -0.391 e. The minimum absolute atomic E-state index is 0. The number of β-amino-alcohol motifs (C(OH)–C–C–N with tert-alkyl or cyclic N) is 1. The average Bonchev–Trinajstić information content (AvgIpc) is 2.66. The van der Waals surface area contributed by atoms with Gasteiger partial charge < -0.3 is 15.7 Å². The van der Waals surface area contributed by atoms with Crippen LogP contribution < -0.4 is 10.6 Å². The number of piperidine rings is 1. The van der Waals surface area contributed by atoms with Crippen LogP contribution in [-0.4, -0.2) is 36.8 Å². The van der Waals surface area contributed by atoms with Crippen LogP contribution in [0.4, 0.5) is 0 Å². The summed E-state index contributed by atoms with van der Waals surface area (Å²) in [6.45, 7) is 2.24. The molecule has 0 aromatic rings. The summed E-state index contributed by atoms with van der Waals surface area (Å²) in [6, 6.07) is 0. The van der Waals surface area contributed by atoms with Crippen molar-refractivity contribution in [3.63, 3.8) is 0 Å². The lowest BCUT2D eigenvalue weighted by Gasteiger charge is -2.29. The molecule has 4 nitrogen and oxygen atoms in total. The number of aliphatic hydroxyl groups is 1. The molecule has 0 unspecified atom stereocenters. The van der Waals surface area contributed by atoms with Crippen molar-refractivity contribution in [3.05, 3.63) is 0 Å². The first-order valence-electron chi connectivity index (χ1n) is 7.44. The number of amides is 1. The van der Waals surface area contributed by atoms with Crippen LogP contribution in [0.25, 0.3) is 0 Å². The van der Waals surface area contributed by atoms with Gasteiger partial charge in [-0.25, -0.2) is 0 Å². The highest BCUT2D eigenvalue weighted by Gasteiger charge is 2.25. The Hall–Kier alpha value is -0.320. The van der Waals surface area contributed by atoms with Crippen LogP contribution in [-0.2, 0) is 4.79 Å². The molecule has 19 heavy (non-hydrogen) atoms. The number of hydrogen-bond donors (Lipinski definition) is 3. The summed E-state index contributed by atoms with van der Waals surface area (Å²) in [4.78, 5) is 12.1. The Labute approximate surface area is 122 Å². The number of aliphatic hydroxyl groups excluding tert-OH is 1. The molecule has 1 aliphatic heterocycles. The molecule has 1 heterocycles. The van der Waals surface area contributed by atoms with Crippen LogP contribution in [0.5, 0.6) is 0 Å². The molecular formula is C14H27ClN2O2. The minimum atomic E-state index is -0.312. The third-order valence-electron chi connectivity index (χ3n) is 4.35. The Morgan fingerprint density at radius 1 is 1.16 bits per heavy atom. The van der Waals surface area contributed by atoms with Gasteiger partial charge in [0.25, 0.3) is 0 Å². The Morgan fingerprint density at radius 3 is 2.47 bits per heavy atom. The lowest BCUT2D eigenvalue weighted by Crippen LogP contribution is -2.46. The average molecular weight is 291 g/mol. The van der Waals surface area contributed by atoms with E-state index in [1.807, 2.05) is 0 Å². The van der Waals surface area contributed by atoms with Crippen LogP contribution in [0.15, 0.2) is 0 Å². The van der Waals surface area contributed by atoms with Gasteiger partial charge in [0, 0.05) is 24.9 Å². The van der Waals surface area contributed by atoms with Crippen molar-refractivity contribution in [2.24, 2.45) is 11.8 Å². The fraction of sp³-hybridized carbons (Fsp3) is 0.929. The molecule has 1 aliphatic carbocycles. The van der Waals surface area contributed by atoms with Crippen LogP contribution in [0, 0.1) is 11.8 Å². The van der Waals surface area contributed by atoms with Gasteiger partial charge in [-0.1, -0.05) is 25.7 Å². The molecule has 3 N–H and O–H groups in total. The molecule has 1 saturated heterocycles. The summed E-state index contributed by atoms with van der Waals surface area (Å²) in [5.41, 5.74) is 0. The van der Waals surface area contributed by atoms with Gasteiger partial charge in [0.05, 0.1) is 6.10 Å². The molecule has 1 saturated carbocycles. The summed E-state index contributed by atoms with van der Waals surface area (Å²) in [5.74, 6) is 0.648. The van der Waals surface area contributed by atoms with E-state index in [0.717, 1.165) is 25.8 Å². The SMILES string of the molecule is Cl.O=C(NC[C@@H]1CCNC[C@H]1O)C1CCCCCC1. The molecule has 0 radical (unpaired) electrons. The van der Waals surface area contributed by atoms with E-state index in [4.69, 9.17) is 0 Å². The molecule has 1 amide bonds. The van der Waals surface area contributed by atoms with Crippen LogP contribution in [0.3, 0.4) is 0 Å². The van der Waals surface area contributed by atoms with Crippen LogP contribution >= 0.6 is 12.4 Å².